The normalized spacial score (nSPS) is 20.8. The molecule has 2 aromatic rings. The lowest BCUT2D eigenvalue weighted by molar-refractivity contribution is 0.117. The molecule has 2 aliphatic rings. The zero-order chi connectivity index (χ0) is 19.5. The lowest BCUT2D eigenvalue weighted by atomic mass is 9.96. The second-order valence-electron chi connectivity index (χ2n) is 8.27. The van der Waals surface area contributed by atoms with Gasteiger partial charge >= 0.3 is 11.7 Å². The number of aromatic nitrogens is 4. The number of unbranched alkanes of at least 4 members (excludes halogenated alkanes) is 1. The molecule has 0 aromatic carbocycles. The highest BCUT2D eigenvalue weighted by molar-refractivity contribution is 5.85. The molecule has 3 N–H and O–H groups in total. The van der Waals surface area contributed by atoms with Gasteiger partial charge in [-0.3, -0.25) is 4.57 Å². The molecule has 2 fully saturated rings. The van der Waals surface area contributed by atoms with Crippen LogP contribution in [0, 0.1) is 5.92 Å². The number of rotatable bonds is 7. The first-order chi connectivity index (χ1) is 13.7. The largest absolute Gasteiger partial charge is 0.463 e. The molecule has 1 saturated carbocycles. The Morgan fingerprint density at radius 2 is 2.00 bits per heavy atom. The molecule has 29 heavy (non-hydrogen) atoms. The molecule has 8 nitrogen and oxygen atoms in total. The third-order valence-corrected chi connectivity index (χ3v) is 6.19. The van der Waals surface area contributed by atoms with Crippen LogP contribution in [0.25, 0.3) is 11.2 Å². The molecule has 1 atom stereocenters. The summed E-state index contributed by atoms with van der Waals surface area (Å²) in [6.07, 6.45) is 9.65. The Balaban J connectivity index is 0.00000240. The zero-order valence-electron chi connectivity index (χ0n) is 17.2. The van der Waals surface area contributed by atoms with Crippen LogP contribution in [0.15, 0.2) is 4.79 Å². The van der Waals surface area contributed by atoms with Crippen molar-refractivity contribution in [2.75, 3.05) is 25.4 Å². The number of H-pyrrole nitrogens is 1. The lowest BCUT2D eigenvalue weighted by Crippen LogP contribution is -2.43. The molecule has 9 heteroatoms. The maximum absolute atomic E-state index is 12.6. The highest BCUT2D eigenvalue weighted by Gasteiger charge is 2.29. The minimum Gasteiger partial charge on any atom is -0.463 e. The van der Waals surface area contributed by atoms with Gasteiger partial charge in [-0.05, 0) is 44.6 Å². The molecule has 1 saturated heterocycles. The minimum atomic E-state index is -0.167. The minimum absolute atomic E-state index is 0. The van der Waals surface area contributed by atoms with Crippen molar-refractivity contribution >= 4 is 29.4 Å². The van der Waals surface area contributed by atoms with E-state index in [-0.39, 0.29) is 29.9 Å². The number of hydrogen-bond donors (Lipinski definition) is 2. The number of likely N-dealkylation sites (tertiary alicyclic amines) is 1. The van der Waals surface area contributed by atoms with E-state index in [1.807, 2.05) is 0 Å². The Bertz CT molecular complexity index is 861. The van der Waals surface area contributed by atoms with Gasteiger partial charge in [0.1, 0.15) is 5.52 Å². The van der Waals surface area contributed by atoms with Crippen LogP contribution in [0.1, 0.15) is 58.3 Å². The molecule has 0 bridgehead atoms. The average Bonchev–Trinajstić information content (AvgIpc) is 3.32. The number of nitrogens with zero attached hydrogens (tertiary/aromatic N) is 4. The van der Waals surface area contributed by atoms with Crippen molar-refractivity contribution in [3.8, 4) is 6.01 Å². The molecule has 0 radical (unpaired) electrons. The van der Waals surface area contributed by atoms with Crippen LogP contribution in [0.3, 0.4) is 0 Å². The summed E-state index contributed by atoms with van der Waals surface area (Å²) in [4.78, 5) is 26.8. The summed E-state index contributed by atoms with van der Waals surface area (Å²) in [5.74, 6) is 0.718. The summed E-state index contributed by atoms with van der Waals surface area (Å²) in [5.41, 5.74) is 6.96. The maximum atomic E-state index is 12.6. The third kappa shape index (κ3) is 4.86. The van der Waals surface area contributed by atoms with E-state index in [2.05, 4.69) is 26.8 Å². The maximum Gasteiger partial charge on any atom is 0.327 e. The Morgan fingerprint density at radius 3 is 2.76 bits per heavy atom. The molecule has 4 rings (SSSR count). The number of imidazole rings is 1. The summed E-state index contributed by atoms with van der Waals surface area (Å²) in [6.45, 7) is 5.56. The monoisotopic (exact) mass is 424 g/mol. The average molecular weight is 425 g/mol. The Kier molecular flexibility index (Phi) is 7.40. The predicted molar refractivity (Wildman–Crippen MR) is 117 cm³/mol. The number of halogens is 1. The van der Waals surface area contributed by atoms with E-state index < -0.39 is 0 Å². The molecule has 1 aliphatic heterocycles. The summed E-state index contributed by atoms with van der Waals surface area (Å²) < 4.78 is 7.36. The van der Waals surface area contributed by atoms with Crippen LogP contribution in [0.5, 0.6) is 6.01 Å². The molecule has 2 aromatic heterocycles. The summed E-state index contributed by atoms with van der Waals surface area (Å²) in [5, 5.41) is 0. The second-order valence-corrected chi connectivity index (χ2v) is 8.27. The fraction of sp³-hybridized carbons (Fsp3) is 0.750. The fourth-order valence-corrected chi connectivity index (χ4v) is 4.68. The number of anilines is 1. The fourth-order valence-electron chi connectivity index (χ4n) is 4.68. The van der Waals surface area contributed by atoms with Gasteiger partial charge in [0.05, 0.1) is 6.61 Å². The predicted octanol–water partition coefficient (Wildman–Crippen LogP) is 2.96. The van der Waals surface area contributed by atoms with Gasteiger partial charge in [0, 0.05) is 19.1 Å². The topological polar surface area (TPSA) is 102 Å². The number of nitrogens with one attached hydrogen (secondary N) is 1. The highest BCUT2D eigenvalue weighted by atomic mass is 35.5. The third-order valence-electron chi connectivity index (χ3n) is 6.19. The number of hydrogen-bond acceptors (Lipinski definition) is 6. The smallest absolute Gasteiger partial charge is 0.327 e. The Hall–Kier alpha value is -1.80. The van der Waals surface area contributed by atoms with Gasteiger partial charge in [0.15, 0.2) is 11.5 Å². The van der Waals surface area contributed by atoms with E-state index in [4.69, 9.17) is 10.5 Å². The standard InChI is InChI=1S/C20H32N6O2.ClH/c1-2-3-11-28-19-23-17(21)16-18(24-19)26(20(27)22-16)13-14-7-6-10-25(12-14)15-8-4-5-9-15;/h14-15H,2-13H2,1H3,(H,22,27)(H2,21,23,24);1H. The van der Waals surface area contributed by atoms with Gasteiger partial charge in [-0.15, -0.1) is 12.4 Å². The van der Waals surface area contributed by atoms with Gasteiger partial charge in [0.25, 0.3) is 0 Å². The molecule has 1 unspecified atom stereocenters. The van der Waals surface area contributed by atoms with E-state index in [0.29, 0.717) is 30.2 Å². The lowest BCUT2D eigenvalue weighted by Gasteiger charge is -2.36. The molecular weight excluding hydrogens is 392 g/mol. The Morgan fingerprint density at radius 1 is 1.21 bits per heavy atom. The number of nitrogens with two attached hydrogens (primary N) is 1. The van der Waals surface area contributed by atoms with E-state index in [1.54, 1.807) is 4.57 Å². The summed E-state index contributed by atoms with van der Waals surface area (Å²) >= 11 is 0. The Labute approximate surface area is 177 Å². The van der Waals surface area contributed by atoms with Gasteiger partial charge in [-0.1, -0.05) is 26.2 Å². The van der Waals surface area contributed by atoms with Crippen LogP contribution in [0.2, 0.25) is 0 Å². The number of ether oxygens (including phenoxy) is 1. The van der Waals surface area contributed by atoms with E-state index in [1.165, 1.54) is 38.6 Å². The van der Waals surface area contributed by atoms with Crippen molar-refractivity contribution in [1.29, 1.82) is 0 Å². The van der Waals surface area contributed by atoms with Gasteiger partial charge in [-0.25, -0.2) is 4.79 Å². The van der Waals surface area contributed by atoms with Crippen LogP contribution in [-0.2, 0) is 6.54 Å². The van der Waals surface area contributed by atoms with Crippen LogP contribution in [0.4, 0.5) is 5.82 Å². The highest BCUT2D eigenvalue weighted by Crippen LogP contribution is 2.29. The first-order valence-electron chi connectivity index (χ1n) is 10.8. The summed E-state index contributed by atoms with van der Waals surface area (Å²) in [6, 6.07) is 0.987. The molecule has 162 valence electrons. The van der Waals surface area contributed by atoms with E-state index in [9.17, 15) is 4.79 Å². The van der Waals surface area contributed by atoms with Crippen molar-refractivity contribution in [2.24, 2.45) is 5.92 Å². The van der Waals surface area contributed by atoms with Crippen LogP contribution < -0.4 is 16.2 Å². The molecule has 1 aliphatic carbocycles. The van der Waals surface area contributed by atoms with Gasteiger partial charge in [-0.2, -0.15) is 9.97 Å². The van der Waals surface area contributed by atoms with Crippen molar-refractivity contribution in [3.05, 3.63) is 10.5 Å². The van der Waals surface area contributed by atoms with Crippen molar-refractivity contribution in [2.45, 2.75) is 70.9 Å². The number of fused-ring (bicyclic) bond motifs is 1. The second kappa shape index (κ2) is 9.80. The molecule has 0 spiro atoms. The van der Waals surface area contributed by atoms with Crippen LogP contribution >= 0.6 is 12.4 Å². The number of nitrogen functional groups attached to an aromatic ring is 1. The summed E-state index contributed by atoms with van der Waals surface area (Å²) in [7, 11) is 0. The van der Waals surface area contributed by atoms with Crippen LogP contribution in [-0.4, -0.2) is 50.2 Å². The first kappa shape index (κ1) is 21.9. The van der Waals surface area contributed by atoms with Crippen molar-refractivity contribution in [1.82, 2.24) is 24.4 Å². The van der Waals surface area contributed by atoms with Crippen molar-refractivity contribution in [3.63, 3.8) is 0 Å². The quantitative estimate of drug-likeness (QED) is 0.662. The van der Waals surface area contributed by atoms with Gasteiger partial charge in [0.2, 0.25) is 0 Å². The van der Waals surface area contributed by atoms with Crippen molar-refractivity contribution < 1.29 is 4.74 Å². The molecular formula is C20H33ClN6O2. The molecule has 3 heterocycles. The van der Waals surface area contributed by atoms with Gasteiger partial charge < -0.3 is 20.4 Å². The molecule has 0 amide bonds. The van der Waals surface area contributed by atoms with E-state index >= 15 is 0 Å². The first-order valence-corrected chi connectivity index (χ1v) is 10.8. The number of piperidine rings is 1. The zero-order valence-corrected chi connectivity index (χ0v) is 18.0. The SMILES string of the molecule is CCCCOc1nc(N)c2[nH]c(=O)n(CC3CCCN(C4CCCC4)C3)c2n1.Cl. The van der Waals surface area contributed by atoms with E-state index in [0.717, 1.165) is 31.8 Å². The number of aromatic amines is 1.